The second-order valence-electron chi connectivity index (χ2n) is 3.32. The number of ketones is 1. The van der Waals surface area contributed by atoms with Crippen LogP contribution in [-0.4, -0.2) is 12.3 Å². The molecule has 66 valence electrons. The summed E-state index contributed by atoms with van der Waals surface area (Å²) in [4.78, 5) is 11.3. The second-order valence-corrected chi connectivity index (χ2v) is 3.32. The molecule has 0 aromatic carbocycles. The van der Waals surface area contributed by atoms with Crippen LogP contribution in [0.4, 0.5) is 0 Å². The Kier molecular flexibility index (Phi) is 5.12. The molecule has 2 nitrogen and oxygen atoms in total. The molecule has 2 unspecified atom stereocenters. The monoisotopic (exact) mass is 157 g/mol. The van der Waals surface area contributed by atoms with Crippen LogP contribution in [0.2, 0.25) is 0 Å². The highest BCUT2D eigenvalue weighted by molar-refractivity contribution is 5.80. The zero-order valence-corrected chi connectivity index (χ0v) is 7.76. The molecule has 0 bridgehead atoms. The van der Waals surface area contributed by atoms with E-state index >= 15 is 0 Å². The molecule has 0 saturated heterocycles. The lowest BCUT2D eigenvalue weighted by Gasteiger charge is -2.10. The van der Waals surface area contributed by atoms with Crippen molar-refractivity contribution in [2.75, 3.05) is 6.54 Å². The summed E-state index contributed by atoms with van der Waals surface area (Å²) < 4.78 is 0. The van der Waals surface area contributed by atoms with Gasteiger partial charge in [-0.15, -0.1) is 0 Å². The third-order valence-corrected chi connectivity index (χ3v) is 2.11. The normalized spacial score (nSPS) is 16.0. The fraction of sp³-hybridized carbons (Fsp3) is 0.889. The van der Waals surface area contributed by atoms with E-state index in [4.69, 9.17) is 5.73 Å². The van der Waals surface area contributed by atoms with Crippen molar-refractivity contribution in [3.8, 4) is 0 Å². The maximum absolute atomic E-state index is 11.3. The highest BCUT2D eigenvalue weighted by Crippen LogP contribution is 2.09. The summed E-state index contributed by atoms with van der Waals surface area (Å²) >= 11 is 0. The van der Waals surface area contributed by atoms with Crippen LogP contribution in [0.3, 0.4) is 0 Å². The van der Waals surface area contributed by atoms with Crippen molar-refractivity contribution in [2.24, 2.45) is 17.6 Å². The second kappa shape index (κ2) is 5.30. The third-order valence-electron chi connectivity index (χ3n) is 2.11. The molecular formula is C9H19NO. The Morgan fingerprint density at radius 3 is 2.36 bits per heavy atom. The molecule has 0 aromatic heterocycles. The third kappa shape index (κ3) is 4.14. The number of carbonyl (C=O) groups is 1. The van der Waals surface area contributed by atoms with Gasteiger partial charge in [-0.05, 0) is 18.9 Å². The first kappa shape index (κ1) is 10.6. The quantitative estimate of drug-likeness (QED) is 0.658. The maximum Gasteiger partial charge on any atom is 0.136 e. The Balaban J connectivity index is 3.68. The summed E-state index contributed by atoms with van der Waals surface area (Å²) in [6, 6.07) is 0. The summed E-state index contributed by atoms with van der Waals surface area (Å²) in [5.74, 6) is 0.908. The molecule has 11 heavy (non-hydrogen) atoms. The molecule has 0 amide bonds. The predicted molar refractivity (Wildman–Crippen MR) is 47.3 cm³/mol. The Morgan fingerprint density at radius 2 is 2.00 bits per heavy atom. The molecule has 0 spiro atoms. The van der Waals surface area contributed by atoms with Crippen molar-refractivity contribution in [1.82, 2.24) is 0 Å². The number of nitrogens with two attached hydrogens (primary N) is 1. The van der Waals surface area contributed by atoms with Gasteiger partial charge >= 0.3 is 0 Å². The Labute approximate surface area is 69.2 Å². The van der Waals surface area contributed by atoms with Gasteiger partial charge in [-0.25, -0.2) is 0 Å². The molecule has 0 aliphatic heterocycles. The number of carbonyl (C=O) groups excluding carboxylic acids is 1. The molecule has 2 atom stereocenters. The van der Waals surface area contributed by atoms with Gasteiger partial charge in [0, 0.05) is 12.3 Å². The van der Waals surface area contributed by atoms with Gasteiger partial charge < -0.3 is 5.73 Å². The van der Waals surface area contributed by atoms with Crippen LogP contribution in [0.15, 0.2) is 0 Å². The Bertz CT molecular complexity index is 123. The summed E-state index contributed by atoms with van der Waals surface area (Å²) in [6.07, 6.45) is 1.58. The summed E-state index contributed by atoms with van der Waals surface area (Å²) in [5.41, 5.74) is 5.41. The van der Waals surface area contributed by atoms with E-state index in [1.165, 1.54) is 0 Å². The maximum atomic E-state index is 11.3. The first-order valence-corrected chi connectivity index (χ1v) is 4.34. The minimum atomic E-state index is 0.212. The Morgan fingerprint density at radius 1 is 1.45 bits per heavy atom. The average molecular weight is 157 g/mol. The summed E-state index contributed by atoms with van der Waals surface area (Å²) in [7, 11) is 0. The van der Waals surface area contributed by atoms with Crippen molar-refractivity contribution in [2.45, 2.75) is 33.6 Å². The summed E-state index contributed by atoms with van der Waals surface area (Å²) in [5, 5.41) is 0. The zero-order chi connectivity index (χ0) is 8.85. The summed E-state index contributed by atoms with van der Waals surface area (Å²) in [6.45, 7) is 6.64. The van der Waals surface area contributed by atoms with E-state index in [0.29, 0.717) is 24.7 Å². The van der Waals surface area contributed by atoms with E-state index in [2.05, 4.69) is 0 Å². The highest BCUT2D eigenvalue weighted by atomic mass is 16.1. The molecule has 0 saturated carbocycles. The number of rotatable bonds is 5. The van der Waals surface area contributed by atoms with E-state index < -0.39 is 0 Å². The molecule has 0 aliphatic rings. The van der Waals surface area contributed by atoms with Gasteiger partial charge in [0.05, 0.1) is 0 Å². The molecule has 0 rings (SSSR count). The van der Waals surface area contributed by atoms with Crippen molar-refractivity contribution in [1.29, 1.82) is 0 Å². The zero-order valence-electron chi connectivity index (χ0n) is 7.76. The lowest BCUT2D eigenvalue weighted by Crippen LogP contribution is -2.18. The van der Waals surface area contributed by atoms with Crippen LogP contribution in [0.5, 0.6) is 0 Å². The molecule has 0 heterocycles. The van der Waals surface area contributed by atoms with Crippen LogP contribution >= 0.6 is 0 Å². The number of hydrogen-bond acceptors (Lipinski definition) is 2. The topological polar surface area (TPSA) is 43.1 Å². The van der Waals surface area contributed by atoms with E-state index in [-0.39, 0.29) is 5.92 Å². The largest absolute Gasteiger partial charge is 0.330 e. The smallest absolute Gasteiger partial charge is 0.136 e. The Hall–Kier alpha value is -0.370. The molecule has 2 heteroatoms. The standard InChI is InChI=1S/C9H19NO/c1-4-8(3)9(11)5-7(2)6-10/h7-8H,4-6,10H2,1-3H3. The van der Waals surface area contributed by atoms with Crippen LogP contribution in [0, 0.1) is 11.8 Å². The van der Waals surface area contributed by atoms with Crippen LogP contribution in [0.1, 0.15) is 33.6 Å². The molecule has 0 fully saturated rings. The van der Waals surface area contributed by atoms with Gasteiger partial charge in [0.15, 0.2) is 0 Å². The fourth-order valence-corrected chi connectivity index (χ4v) is 0.856. The van der Waals surface area contributed by atoms with E-state index in [1.54, 1.807) is 0 Å². The lowest BCUT2D eigenvalue weighted by atomic mass is 9.95. The molecule has 0 radical (unpaired) electrons. The van der Waals surface area contributed by atoms with Crippen LogP contribution in [0.25, 0.3) is 0 Å². The van der Waals surface area contributed by atoms with E-state index in [1.807, 2.05) is 20.8 Å². The molecule has 0 aromatic rings. The predicted octanol–water partition coefficient (Wildman–Crippen LogP) is 1.59. The SMILES string of the molecule is CCC(C)C(=O)CC(C)CN. The van der Waals surface area contributed by atoms with Crippen molar-refractivity contribution in [3.63, 3.8) is 0 Å². The lowest BCUT2D eigenvalue weighted by molar-refractivity contribution is -0.123. The van der Waals surface area contributed by atoms with Gasteiger partial charge in [-0.1, -0.05) is 20.8 Å². The van der Waals surface area contributed by atoms with Crippen molar-refractivity contribution >= 4 is 5.78 Å². The van der Waals surface area contributed by atoms with Crippen molar-refractivity contribution < 1.29 is 4.79 Å². The minimum Gasteiger partial charge on any atom is -0.330 e. The van der Waals surface area contributed by atoms with E-state index in [0.717, 1.165) is 6.42 Å². The van der Waals surface area contributed by atoms with Gasteiger partial charge in [0.2, 0.25) is 0 Å². The molecular weight excluding hydrogens is 138 g/mol. The molecule has 2 N–H and O–H groups in total. The highest BCUT2D eigenvalue weighted by Gasteiger charge is 2.12. The van der Waals surface area contributed by atoms with Gasteiger partial charge in [0.1, 0.15) is 5.78 Å². The van der Waals surface area contributed by atoms with Crippen LogP contribution < -0.4 is 5.73 Å². The first-order chi connectivity index (χ1) is 5.11. The van der Waals surface area contributed by atoms with Crippen molar-refractivity contribution in [3.05, 3.63) is 0 Å². The number of Topliss-reactive ketones (excluding diaryl/α,β-unsaturated/α-hetero) is 1. The fourth-order valence-electron chi connectivity index (χ4n) is 0.856. The van der Waals surface area contributed by atoms with Crippen LogP contribution in [-0.2, 0) is 4.79 Å². The van der Waals surface area contributed by atoms with Gasteiger partial charge in [-0.3, -0.25) is 4.79 Å². The molecule has 0 aliphatic carbocycles. The van der Waals surface area contributed by atoms with Gasteiger partial charge in [0.25, 0.3) is 0 Å². The average Bonchev–Trinajstić information content (AvgIpc) is 2.02. The minimum absolute atomic E-state index is 0.212. The number of hydrogen-bond donors (Lipinski definition) is 1. The van der Waals surface area contributed by atoms with Gasteiger partial charge in [-0.2, -0.15) is 0 Å². The first-order valence-electron chi connectivity index (χ1n) is 4.34. The van der Waals surface area contributed by atoms with E-state index in [9.17, 15) is 4.79 Å².